The maximum absolute atomic E-state index is 10.9. The average molecular weight is 1040 g/mol. The first-order valence-electron chi connectivity index (χ1n) is 26.5. The van der Waals surface area contributed by atoms with Gasteiger partial charge in [0.15, 0.2) is 5.82 Å². The van der Waals surface area contributed by atoms with Crippen LogP contribution in [0.5, 0.6) is 0 Å². The van der Waals surface area contributed by atoms with Gasteiger partial charge in [-0.3, -0.25) is 0 Å². The highest BCUT2D eigenvalue weighted by molar-refractivity contribution is 6.12. The van der Waals surface area contributed by atoms with Crippen LogP contribution >= 0.6 is 0 Å². The molecule has 13 aromatic rings. The van der Waals surface area contributed by atoms with Crippen molar-refractivity contribution in [2.24, 2.45) is 0 Å². The largest absolute Gasteiger partial charge is 0.310 e. The van der Waals surface area contributed by atoms with Crippen molar-refractivity contribution in [2.75, 3.05) is 9.80 Å². The molecular formula is C73H46N8. The molecule has 0 unspecified atom stereocenters. The lowest BCUT2D eigenvalue weighted by atomic mass is 9.96. The highest BCUT2D eigenvalue weighted by atomic mass is 15.1. The summed E-state index contributed by atoms with van der Waals surface area (Å²) >= 11 is 0. The first kappa shape index (κ1) is 49.0. The maximum atomic E-state index is 10.9. The molecule has 0 saturated carbocycles. The number of fused-ring (bicyclic) bond motifs is 3. The highest BCUT2D eigenvalue weighted by Gasteiger charge is 2.21. The van der Waals surface area contributed by atoms with Gasteiger partial charge in [0.25, 0.3) is 0 Å². The summed E-state index contributed by atoms with van der Waals surface area (Å²) in [6.45, 7) is 0. The van der Waals surface area contributed by atoms with E-state index in [-0.39, 0.29) is 0 Å². The number of benzene rings is 11. The van der Waals surface area contributed by atoms with E-state index >= 15 is 0 Å². The molecule has 0 saturated heterocycles. The van der Waals surface area contributed by atoms with Crippen LogP contribution in [0.2, 0.25) is 0 Å². The van der Waals surface area contributed by atoms with Gasteiger partial charge >= 0.3 is 0 Å². The van der Waals surface area contributed by atoms with Crippen LogP contribution in [0.4, 0.5) is 34.1 Å². The number of para-hydroxylation sites is 4. The Kier molecular flexibility index (Phi) is 12.9. The molecule has 0 aliphatic rings. The summed E-state index contributed by atoms with van der Waals surface area (Å²) in [5, 5.41) is 31.9. The fourth-order valence-corrected chi connectivity index (χ4v) is 10.7. The molecule has 13 rings (SSSR count). The Morgan fingerprint density at radius 1 is 0.309 bits per heavy atom. The molecule has 81 heavy (non-hydrogen) atoms. The van der Waals surface area contributed by atoms with E-state index in [0.717, 1.165) is 112 Å². The summed E-state index contributed by atoms with van der Waals surface area (Å²) in [5.41, 5.74) is 18.7. The molecule has 0 atom stereocenters. The van der Waals surface area contributed by atoms with Crippen molar-refractivity contribution in [1.29, 1.82) is 15.8 Å². The van der Waals surface area contributed by atoms with Gasteiger partial charge < -0.3 is 14.4 Å². The van der Waals surface area contributed by atoms with Gasteiger partial charge in [-0.2, -0.15) is 15.8 Å². The average Bonchev–Trinajstić information content (AvgIpc) is 4.06. The van der Waals surface area contributed by atoms with E-state index in [1.807, 2.05) is 60.7 Å². The minimum absolute atomic E-state index is 0.531. The Morgan fingerprint density at radius 2 is 0.691 bits per heavy atom. The van der Waals surface area contributed by atoms with Crippen molar-refractivity contribution < 1.29 is 0 Å². The summed E-state index contributed by atoms with van der Waals surface area (Å²) in [6, 6.07) is 102. The summed E-state index contributed by atoms with van der Waals surface area (Å²) in [7, 11) is 0. The van der Waals surface area contributed by atoms with Crippen molar-refractivity contribution in [3.8, 4) is 80.1 Å². The first-order valence-corrected chi connectivity index (χ1v) is 26.5. The second-order valence-corrected chi connectivity index (χ2v) is 19.6. The third kappa shape index (κ3) is 9.57. The monoisotopic (exact) mass is 1030 g/mol. The molecule has 11 aromatic carbocycles. The van der Waals surface area contributed by atoms with Crippen LogP contribution in [-0.4, -0.2) is 14.5 Å². The minimum Gasteiger partial charge on any atom is -0.310 e. The van der Waals surface area contributed by atoms with Crippen LogP contribution in [0.1, 0.15) is 16.7 Å². The lowest BCUT2D eigenvalue weighted by molar-refractivity contribution is 1.17. The zero-order chi connectivity index (χ0) is 54.7. The van der Waals surface area contributed by atoms with Crippen LogP contribution in [0.3, 0.4) is 0 Å². The molecule has 0 fully saturated rings. The SMILES string of the molecule is N#Cc1ccc(-c2cc(-c3ccc(-c4ccc(-c5ccc(-n6c7ccc(N(c8ccccc8)c8ccccc8)cc7c7cc(N(c8ccccc8)c8ccccc8)ccc76)cc5C#N)cc4)cc3)nc(-c3ccc(C#N)cc3)n2)cc1. The molecule has 0 radical (unpaired) electrons. The van der Waals surface area contributed by atoms with Gasteiger partial charge in [-0.05, 0) is 162 Å². The molecule has 8 heteroatoms. The third-order valence-electron chi connectivity index (χ3n) is 14.7. The van der Waals surface area contributed by atoms with Gasteiger partial charge in [0.1, 0.15) is 0 Å². The fraction of sp³-hybridized carbons (Fsp3) is 0. The predicted molar refractivity (Wildman–Crippen MR) is 327 cm³/mol. The van der Waals surface area contributed by atoms with Crippen molar-refractivity contribution in [1.82, 2.24) is 14.5 Å². The van der Waals surface area contributed by atoms with Crippen molar-refractivity contribution in [3.63, 3.8) is 0 Å². The Labute approximate surface area is 469 Å². The topological polar surface area (TPSA) is 109 Å². The molecule has 0 spiro atoms. The lowest BCUT2D eigenvalue weighted by Gasteiger charge is -2.26. The number of nitrogens with zero attached hydrogens (tertiary/aromatic N) is 8. The smallest absolute Gasteiger partial charge is 0.160 e. The summed E-state index contributed by atoms with van der Waals surface area (Å²) in [6.07, 6.45) is 0. The minimum atomic E-state index is 0.531. The van der Waals surface area contributed by atoms with Crippen LogP contribution in [0, 0.1) is 34.0 Å². The molecule has 0 aliphatic carbocycles. The Bertz CT molecular complexity index is 4260. The quantitative estimate of drug-likeness (QED) is 0.120. The Hall–Kier alpha value is -11.6. The number of hydrogen-bond donors (Lipinski definition) is 0. The van der Waals surface area contributed by atoms with E-state index in [2.05, 4.69) is 227 Å². The van der Waals surface area contributed by atoms with E-state index in [1.54, 1.807) is 24.3 Å². The van der Waals surface area contributed by atoms with Gasteiger partial charge in [0.2, 0.25) is 0 Å². The van der Waals surface area contributed by atoms with Gasteiger partial charge in [0.05, 0.1) is 57.3 Å². The van der Waals surface area contributed by atoms with Gasteiger partial charge in [0, 0.05) is 67.3 Å². The van der Waals surface area contributed by atoms with Gasteiger partial charge in [-0.25, -0.2) is 9.97 Å². The summed E-state index contributed by atoms with van der Waals surface area (Å²) < 4.78 is 2.28. The molecule has 0 bridgehead atoms. The molecular weight excluding hydrogens is 989 g/mol. The number of hydrogen-bond acceptors (Lipinski definition) is 7. The van der Waals surface area contributed by atoms with E-state index < -0.39 is 0 Å². The molecule has 2 heterocycles. The van der Waals surface area contributed by atoms with Gasteiger partial charge in [-0.15, -0.1) is 0 Å². The van der Waals surface area contributed by atoms with Crippen molar-refractivity contribution in [2.45, 2.75) is 0 Å². The van der Waals surface area contributed by atoms with Crippen molar-refractivity contribution >= 4 is 55.9 Å². The van der Waals surface area contributed by atoms with E-state index in [4.69, 9.17) is 9.97 Å². The van der Waals surface area contributed by atoms with Crippen molar-refractivity contribution in [3.05, 3.63) is 296 Å². The summed E-state index contributed by atoms with van der Waals surface area (Å²) in [5.74, 6) is 0.531. The van der Waals surface area contributed by atoms with Crippen LogP contribution in [0.15, 0.2) is 279 Å². The first-order chi connectivity index (χ1) is 40.0. The second kappa shape index (κ2) is 21.4. The highest BCUT2D eigenvalue weighted by Crippen LogP contribution is 2.43. The van der Waals surface area contributed by atoms with E-state index in [1.165, 1.54) is 0 Å². The Balaban J connectivity index is 0.859. The van der Waals surface area contributed by atoms with Crippen LogP contribution < -0.4 is 9.80 Å². The van der Waals surface area contributed by atoms with Gasteiger partial charge in [-0.1, -0.05) is 140 Å². The number of aromatic nitrogens is 3. The molecule has 0 N–H and O–H groups in total. The summed E-state index contributed by atoms with van der Waals surface area (Å²) in [4.78, 5) is 14.5. The van der Waals surface area contributed by atoms with E-state index in [9.17, 15) is 15.8 Å². The molecule has 0 amide bonds. The standard InChI is InChI=1S/C73H46N8/c74-47-50-21-25-55(26-22-50)69-46-70(78-73(77-69)57-27-23-51(48-75)24-28-57)56-35-31-53(32-36-56)52-29-33-54(34-30-52)66-40-37-63(43-58(66)49-76)81-71-41-38-64(79(59-13-5-1-6-14-59)60-15-7-2-8-16-60)44-67(71)68-45-65(39-42-72(68)81)80(61-17-9-3-10-18-61)62-19-11-4-12-20-62/h1-46H. The van der Waals surface area contributed by atoms with Crippen LogP contribution in [-0.2, 0) is 0 Å². The number of rotatable bonds is 12. The maximum Gasteiger partial charge on any atom is 0.160 e. The third-order valence-corrected chi connectivity index (χ3v) is 14.7. The Morgan fingerprint density at radius 3 is 1.10 bits per heavy atom. The molecule has 8 nitrogen and oxygen atoms in total. The number of anilines is 6. The zero-order valence-electron chi connectivity index (χ0n) is 43.6. The number of nitriles is 3. The normalized spacial score (nSPS) is 10.9. The predicted octanol–water partition coefficient (Wildman–Crippen LogP) is 18.5. The van der Waals surface area contributed by atoms with E-state index in [0.29, 0.717) is 22.5 Å². The zero-order valence-corrected chi connectivity index (χ0v) is 43.6. The molecule has 0 aliphatic heterocycles. The molecule has 378 valence electrons. The second-order valence-electron chi connectivity index (χ2n) is 19.6. The lowest BCUT2D eigenvalue weighted by Crippen LogP contribution is -2.09. The van der Waals surface area contributed by atoms with Crippen LogP contribution in [0.25, 0.3) is 83.6 Å². The fourth-order valence-electron chi connectivity index (χ4n) is 10.7. The molecule has 2 aromatic heterocycles.